The lowest BCUT2D eigenvalue weighted by Gasteiger charge is -2.24. The Morgan fingerprint density at radius 2 is 1.81 bits per heavy atom. The molecule has 0 spiro atoms. The average Bonchev–Trinajstić information content (AvgIpc) is 2.63. The summed E-state index contributed by atoms with van der Waals surface area (Å²) >= 11 is 0. The van der Waals surface area contributed by atoms with Crippen LogP contribution >= 0.6 is 0 Å². The molecular weight excluding hydrogens is 370 g/mol. The van der Waals surface area contributed by atoms with Crippen LogP contribution in [0.4, 0.5) is 5.69 Å². The molecule has 1 aliphatic heterocycles. The molecule has 0 aliphatic carbocycles. The maximum atomic E-state index is 12.4. The lowest BCUT2D eigenvalue weighted by atomic mass is 10.1. The minimum atomic E-state index is -3.14. The van der Waals surface area contributed by atoms with Crippen molar-refractivity contribution in [2.75, 3.05) is 24.8 Å². The van der Waals surface area contributed by atoms with Crippen molar-refractivity contribution in [1.29, 1.82) is 0 Å². The van der Waals surface area contributed by atoms with E-state index >= 15 is 0 Å². The number of phenols is 1. The SMILES string of the molecule is CS(=O)(=O)Cc1ccc(C(=O)Nc2cc(C3OCCCO3)ccc2O)cc1. The second-order valence-corrected chi connectivity index (χ2v) is 8.56. The Labute approximate surface area is 157 Å². The van der Waals surface area contributed by atoms with Crippen LogP contribution in [0.15, 0.2) is 42.5 Å². The van der Waals surface area contributed by atoms with Crippen molar-refractivity contribution >= 4 is 21.4 Å². The summed E-state index contributed by atoms with van der Waals surface area (Å²) in [4.78, 5) is 12.4. The molecule has 1 saturated heterocycles. The predicted octanol–water partition coefficient (Wildman–Crippen LogP) is 2.62. The van der Waals surface area contributed by atoms with E-state index in [4.69, 9.17) is 9.47 Å². The van der Waals surface area contributed by atoms with Gasteiger partial charge in [-0.3, -0.25) is 4.79 Å². The number of ether oxygens (including phenoxy) is 2. The van der Waals surface area contributed by atoms with Crippen LogP contribution in [0, 0.1) is 0 Å². The lowest BCUT2D eigenvalue weighted by Crippen LogP contribution is -2.18. The van der Waals surface area contributed by atoms with Crippen molar-refractivity contribution in [1.82, 2.24) is 0 Å². The van der Waals surface area contributed by atoms with Gasteiger partial charge in [-0.15, -0.1) is 0 Å². The van der Waals surface area contributed by atoms with Gasteiger partial charge >= 0.3 is 0 Å². The Balaban J connectivity index is 1.73. The quantitative estimate of drug-likeness (QED) is 0.760. The van der Waals surface area contributed by atoms with Gasteiger partial charge in [-0.05, 0) is 36.2 Å². The molecule has 0 saturated carbocycles. The molecule has 3 rings (SSSR count). The van der Waals surface area contributed by atoms with Gasteiger partial charge in [0.2, 0.25) is 0 Å². The largest absolute Gasteiger partial charge is 0.506 e. The van der Waals surface area contributed by atoms with Crippen LogP contribution in [0.1, 0.15) is 34.2 Å². The molecule has 144 valence electrons. The van der Waals surface area contributed by atoms with Crippen molar-refractivity contribution in [3.63, 3.8) is 0 Å². The summed E-state index contributed by atoms with van der Waals surface area (Å²) < 4.78 is 33.7. The molecule has 2 N–H and O–H groups in total. The van der Waals surface area contributed by atoms with E-state index in [0.717, 1.165) is 12.7 Å². The van der Waals surface area contributed by atoms with Crippen molar-refractivity contribution in [2.45, 2.75) is 18.5 Å². The van der Waals surface area contributed by atoms with Crippen molar-refractivity contribution in [3.05, 3.63) is 59.2 Å². The zero-order chi connectivity index (χ0) is 19.4. The highest BCUT2D eigenvalue weighted by atomic mass is 32.2. The molecule has 0 unspecified atom stereocenters. The molecule has 1 fully saturated rings. The summed E-state index contributed by atoms with van der Waals surface area (Å²) in [6.07, 6.45) is 1.46. The van der Waals surface area contributed by atoms with Gasteiger partial charge in [0.05, 0.1) is 24.7 Å². The van der Waals surface area contributed by atoms with E-state index in [9.17, 15) is 18.3 Å². The van der Waals surface area contributed by atoms with E-state index in [1.54, 1.807) is 36.4 Å². The molecule has 2 aromatic rings. The molecule has 8 heteroatoms. The van der Waals surface area contributed by atoms with E-state index in [1.165, 1.54) is 6.07 Å². The number of amides is 1. The number of carbonyl (C=O) groups excluding carboxylic acids is 1. The maximum Gasteiger partial charge on any atom is 0.255 e. The highest BCUT2D eigenvalue weighted by Crippen LogP contribution is 2.30. The number of benzene rings is 2. The zero-order valence-corrected chi connectivity index (χ0v) is 15.7. The van der Waals surface area contributed by atoms with Crippen molar-refractivity contribution < 1.29 is 27.8 Å². The van der Waals surface area contributed by atoms with E-state index in [1.807, 2.05) is 0 Å². The maximum absolute atomic E-state index is 12.4. The first kappa shape index (κ1) is 19.3. The molecule has 2 aromatic carbocycles. The number of hydrogen-bond donors (Lipinski definition) is 2. The first-order valence-electron chi connectivity index (χ1n) is 8.46. The fourth-order valence-corrected chi connectivity index (χ4v) is 3.53. The molecule has 1 amide bonds. The van der Waals surface area contributed by atoms with Gasteiger partial charge in [-0.2, -0.15) is 0 Å². The average molecular weight is 391 g/mol. The van der Waals surface area contributed by atoms with E-state index in [2.05, 4.69) is 5.32 Å². The summed E-state index contributed by atoms with van der Waals surface area (Å²) in [6.45, 7) is 1.18. The van der Waals surface area contributed by atoms with Gasteiger partial charge in [-0.25, -0.2) is 8.42 Å². The third kappa shape index (κ3) is 5.29. The molecule has 7 nitrogen and oxygen atoms in total. The third-order valence-electron chi connectivity index (χ3n) is 4.01. The highest BCUT2D eigenvalue weighted by molar-refractivity contribution is 7.89. The predicted molar refractivity (Wildman–Crippen MR) is 100 cm³/mol. The fraction of sp³-hybridized carbons (Fsp3) is 0.316. The van der Waals surface area contributed by atoms with Gasteiger partial charge in [0, 0.05) is 17.4 Å². The summed E-state index contributed by atoms with van der Waals surface area (Å²) in [6, 6.07) is 11.0. The van der Waals surface area contributed by atoms with Crippen molar-refractivity contribution in [3.8, 4) is 5.75 Å². The first-order chi connectivity index (χ1) is 12.8. The van der Waals surface area contributed by atoms with Crippen molar-refractivity contribution in [2.24, 2.45) is 0 Å². The Morgan fingerprint density at radius 1 is 1.15 bits per heavy atom. The molecule has 1 heterocycles. The summed E-state index contributed by atoms with van der Waals surface area (Å²) in [5.74, 6) is -0.575. The molecule has 0 aromatic heterocycles. The fourth-order valence-electron chi connectivity index (χ4n) is 2.73. The van der Waals surface area contributed by atoms with E-state index in [-0.39, 0.29) is 17.2 Å². The van der Waals surface area contributed by atoms with Crippen LogP contribution in [0.5, 0.6) is 5.75 Å². The van der Waals surface area contributed by atoms with Crippen LogP contribution in [0.25, 0.3) is 0 Å². The number of anilines is 1. The van der Waals surface area contributed by atoms with Crippen LogP contribution < -0.4 is 5.32 Å². The Morgan fingerprint density at radius 3 is 2.44 bits per heavy atom. The van der Waals surface area contributed by atoms with Crippen LogP contribution in [-0.2, 0) is 25.1 Å². The minimum Gasteiger partial charge on any atom is -0.506 e. The van der Waals surface area contributed by atoms with E-state index < -0.39 is 22.0 Å². The topological polar surface area (TPSA) is 102 Å². The number of aromatic hydroxyl groups is 1. The third-order valence-corrected chi connectivity index (χ3v) is 4.87. The summed E-state index contributed by atoms with van der Waals surface area (Å²) in [5.41, 5.74) is 1.90. The van der Waals surface area contributed by atoms with E-state index in [0.29, 0.717) is 29.9 Å². The number of phenolic OH excluding ortho intramolecular Hbond substituents is 1. The van der Waals surface area contributed by atoms with Crippen LogP contribution in [-0.4, -0.2) is 38.9 Å². The molecule has 0 atom stereocenters. The number of carbonyl (C=O) groups is 1. The minimum absolute atomic E-state index is 0.0726. The van der Waals surface area contributed by atoms with Gasteiger partial charge in [-0.1, -0.05) is 18.2 Å². The normalized spacial score (nSPS) is 15.4. The number of sulfone groups is 1. The lowest BCUT2D eigenvalue weighted by molar-refractivity contribution is -0.183. The number of hydrogen-bond acceptors (Lipinski definition) is 6. The second kappa shape index (κ2) is 8.08. The zero-order valence-electron chi connectivity index (χ0n) is 14.8. The molecule has 0 radical (unpaired) electrons. The monoisotopic (exact) mass is 391 g/mol. The standard InChI is InChI=1S/C19H21NO6S/c1-27(23,24)12-13-3-5-14(6-4-13)18(22)20-16-11-15(7-8-17(16)21)19-25-9-2-10-26-19/h3-8,11,19,21H,2,9-10,12H2,1H3,(H,20,22). The Hall–Kier alpha value is -2.42. The summed E-state index contributed by atoms with van der Waals surface area (Å²) in [5, 5.41) is 12.7. The molecule has 0 bridgehead atoms. The molecular formula is C19H21NO6S. The first-order valence-corrected chi connectivity index (χ1v) is 10.5. The number of rotatable bonds is 5. The van der Waals surface area contributed by atoms with Gasteiger partial charge in [0.1, 0.15) is 5.75 Å². The van der Waals surface area contributed by atoms with Crippen LogP contribution in [0.2, 0.25) is 0 Å². The second-order valence-electron chi connectivity index (χ2n) is 6.42. The summed E-state index contributed by atoms with van der Waals surface area (Å²) in [7, 11) is -3.14. The van der Waals surface area contributed by atoms with Gasteiger partial charge in [0.25, 0.3) is 5.91 Å². The smallest absolute Gasteiger partial charge is 0.255 e. The number of nitrogens with one attached hydrogen (secondary N) is 1. The Kier molecular flexibility index (Phi) is 5.79. The van der Waals surface area contributed by atoms with Crippen LogP contribution in [0.3, 0.4) is 0 Å². The van der Waals surface area contributed by atoms with Gasteiger partial charge in [0.15, 0.2) is 16.1 Å². The molecule has 27 heavy (non-hydrogen) atoms. The highest BCUT2D eigenvalue weighted by Gasteiger charge is 2.19. The molecule has 1 aliphatic rings. The Bertz CT molecular complexity index is 918. The van der Waals surface area contributed by atoms with Gasteiger partial charge < -0.3 is 19.9 Å².